The highest BCUT2D eigenvalue weighted by molar-refractivity contribution is 5.84. The molecular weight excluding hydrogens is 166 g/mol. The standard InChI is InChI=1S/C8H11N5/c9-6-3-4-7(10)13(12-6)8(11)5-1-2-5/h3-5,10-11H,1-2H2,(H2,9,12). The smallest absolute Gasteiger partial charge is 0.148 e. The lowest BCUT2D eigenvalue weighted by Crippen LogP contribution is -2.30. The number of nitrogen functional groups attached to an aromatic ring is 1. The first-order valence-corrected chi connectivity index (χ1v) is 4.18. The van der Waals surface area contributed by atoms with Crippen LogP contribution in [0.4, 0.5) is 5.82 Å². The summed E-state index contributed by atoms with van der Waals surface area (Å²) in [4.78, 5) is 0. The third kappa shape index (κ3) is 1.44. The van der Waals surface area contributed by atoms with Gasteiger partial charge in [-0.1, -0.05) is 0 Å². The highest BCUT2D eigenvalue weighted by Crippen LogP contribution is 2.29. The van der Waals surface area contributed by atoms with Crippen LogP contribution in [-0.4, -0.2) is 15.6 Å². The Balaban J connectivity index is 2.43. The SMILES string of the molecule is N=C(C1CC1)n1nc(N)ccc1=N. The van der Waals surface area contributed by atoms with E-state index in [1.807, 2.05) is 0 Å². The van der Waals surface area contributed by atoms with Crippen molar-refractivity contribution in [3.05, 3.63) is 17.6 Å². The van der Waals surface area contributed by atoms with Crippen molar-refractivity contribution >= 4 is 11.7 Å². The topological polar surface area (TPSA) is 91.5 Å². The van der Waals surface area contributed by atoms with Crippen molar-refractivity contribution < 1.29 is 0 Å². The van der Waals surface area contributed by atoms with E-state index in [0.29, 0.717) is 11.7 Å². The summed E-state index contributed by atoms with van der Waals surface area (Å²) >= 11 is 0. The van der Waals surface area contributed by atoms with E-state index in [2.05, 4.69) is 5.10 Å². The van der Waals surface area contributed by atoms with Gasteiger partial charge >= 0.3 is 0 Å². The first kappa shape index (κ1) is 7.97. The Morgan fingerprint density at radius 1 is 1.54 bits per heavy atom. The van der Waals surface area contributed by atoms with Crippen LogP contribution in [0.2, 0.25) is 0 Å². The van der Waals surface area contributed by atoms with Crippen molar-refractivity contribution in [1.82, 2.24) is 9.78 Å². The number of nitrogens with two attached hydrogens (primary N) is 1. The highest BCUT2D eigenvalue weighted by atomic mass is 15.3. The molecule has 0 unspecified atom stereocenters. The highest BCUT2D eigenvalue weighted by Gasteiger charge is 2.28. The molecule has 1 aromatic heterocycles. The fourth-order valence-corrected chi connectivity index (χ4v) is 1.15. The second-order valence-corrected chi connectivity index (χ2v) is 3.21. The second-order valence-electron chi connectivity index (χ2n) is 3.21. The Bertz CT molecular complexity index is 401. The largest absolute Gasteiger partial charge is 0.382 e. The van der Waals surface area contributed by atoms with E-state index in [0.717, 1.165) is 12.8 Å². The summed E-state index contributed by atoms with van der Waals surface area (Å²) in [6, 6.07) is 3.12. The van der Waals surface area contributed by atoms with Crippen molar-refractivity contribution in [1.29, 1.82) is 10.8 Å². The summed E-state index contributed by atoms with van der Waals surface area (Å²) in [5.41, 5.74) is 5.69. The van der Waals surface area contributed by atoms with E-state index in [-0.39, 0.29) is 11.4 Å². The van der Waals surface area contributed by atoms with E-state index in [1.165, 1.54) is 4.68 Å². The van der Waals surface area contributed by atoms with Gasteiger partial charge < -0.3 is 5.73 Å². The minimum atomic E-state index is 0.214. The number of aromatic nitrogens is 2. The average molecular weight is 177 g/mol. The van der Waals surface area contributed by atoms with Crippen LogP contribution < -0.4 is 11.2 Å². The molecule has 13 heavy (non-hydrogen) atoms. The Labute approximate surface area is 75.2 Å². The van der Waals surface area contributed by atoms with Crippen molar-refractivity contribution in [3.8, 4) is 0 Å². The number of nitrogens with one attached hydrogen (secondary N) is 2. The summed E-state index contributed by atoms with van der Waals surface area (Å²) < 4.78 is 1.30. The molecule has 2 rings (SSSR count). The lowest BCUT2D eigenvalue weighted by atomic mass is 10.4. The number of rotatable bonds is 1. The zero-order valence-electron chi connectivity index (χ0n) is 7.12. The summed E-state index contributed by atoms with van der Waals surface area (Å²) in [5.74, 6) is 1.02. The molecule has 0 saturated heterocycles. The predicted molar refractivity (Wildman–Crippen MR) is 48.3 cm³/mol. The molecule has 4 N–H and O–H groups in total. The van der Waals surface area contributed by atoms with Gasteiger partial charge in [0.15, 0.2) is 0 Å². The second kappa shape index (κ2) is 2.69. The molecule has 1 saturated carbocycles. The molecule has 0 amide bonds. The Morgan fingerprint density at radius 2 is 2.23 bits per heavy atom. The van der Waals surface area contributed by atoms with Gasteiger partial charge in [-0.3, -0.25) is 10.8 Å². The van der Waals surface area contributed by atoms with E-state index >= 15 is 0 Å². The lowest BCUT2D eigenvalue weighted by Gasteiger charge is -2.05. The molecule has 0 aliphatic heterocycles. The maximum atomic E-state index is 7.71. The average Bonchev–Trinajstić information content (AvgIpc) is 2.91. The molecule has 1 aliphatic carbocycles. The summed E-state index contributed by atoms with van der Waals surface area (Å²) in [7, 11) is 0. The van der Waals surface area contributed by atoms with Crippen molar-refractivity contribution in [2.75, 3.05) is 5.73 Å². The first-order valence-electron chi connectivity index (χ1n) is 4.18. The predicted octanol–water partition coefficient (Wildman–Crippen LogP) is 0.180. The molecule has 1 heterocycles. The van der Waals surface area contributed by atoms with Gasteiger partial charge in [-0.05, 0) is 25.0 Å². The minimum absolute atomic E-state index is 0.214. The molecule has 0 aromatic carbocycles. The number of hydrogen-bond acceptors (Lipinski definition) is 4. The van der Waals surface area contributed by atoms with Crippen LogP contribution in [0.3, 0.4) is 0 Å². The lowest BCUT2D eigenvalue weighted by molar-refractivity contribution is 0.786. The number of anilines is 1. The Morgan fingerprint density at radius 3 is 2.85 bits per heavy atom. The van der Waals surface area contributed by atoms with Crippen molar-refractivity contribution in [2.24, 2.45) is 5.92 Å². The molecule has 1 aromatic rings. The molecule has 0 spiro atoms. The Kier molecular flexibility index (Phi) is 1.65. The van der Waals surface area contributed by atoms with Gasteiger partial charge in [-0.25, -0.2) is 4.68 Å². The van der Waals surface area contributed by atoms with Crippen molar-refractivity contribution in [2.45, 2.75) is 12.8 Å². The first-order chi connectivity index (χ1) is 6.18. The van der Waals surface area contributed by atoms with Crippen LogP contribution in [0.25, 0.3) is 0 Å². The van der Waals surface area contributed by atoms with Gasteiger partial charge in [0.25, 0.3) is 0 Å². The Hall–Kier alpha value is -1.65. The van der Waals surface area contributed by atoms with E-state index in [1.54, 1.807) is 12.1 Å². The van der Waals surface area contributed by atoms with Crippen LogP contribution in [0.1, 0.15) is 12.8 Å². The normalized spacial score (nSPS) is 15.7. The monoisotopic (exact) mass is 177 g/mol. The maximum absolute atomic E-state index is 7.71. The van der Waals surface area contributed by atoms with Crippen LogP contribution in [-0.2, 0) is 0 Å². The van der Waals surface area contributed by atoms with Crippen LogP contribution >= 0.6 is 0 Å². The zero-order chi connectivity index (χ0) is 9.42. The van der Waals surface area contributed by atoms with Gasteiger partial charge in [0, 0.05) is 5.92 Å². The summed E-state index contributed by atoms with van der Waals surface area (Å²) in [6.07, 6.45) is 2.06. The molecule has 0 atom stereocenters. The number of nitrogens with zero attached hydrogens (tertiary/aromatic N) is 2. The summed E-state index contributed by atoms with van der Waals surface area (Å²) in [6.45, 7) is 0. The van der Waals surface area contributed by atoms with Crippen molar-refractivity contribution in [3.63, 3.8) is 0 Å². The van der Waals surface area contributed by atoms with E-state index in [9.17, 15) is 0 Å². The zero-order valence-corrected chi connectivity index (χ0v) is 7.12. The van der Waals surface area contributed by atoms with Crippen LogP contribution in [0.15, 0.2) is 12.1 Å². The van der Waals surface area contributed by atoms with Crippen LogP contribution in [0.5, 0.6) is 0 Å². The van der Waals surface area contributed by atoms with Crippen LogP contribution in [0, 0.1) is 16.7 Å². The molecular formula is C8H11N5. The molecule has 5 heteroatoms. The van der Waals surface area contributed by atoms with Gasteiger partial charge in [-0.2, -0.15) is 0 Å². The fraction of sp³-hybridized carbons (Fsp3) is 0.375. The van der Waals surface area contributed by atoms with Gasteiger partial charge in [0.1, 0.15) is 17.1 Å². The molecule has 1 aliphatic rings. The third-order valence-corrected chi connectivity index (χ3v) is 2.05. The molecule has 0 radical (unpaired) electrons. The maximum Gasteiger partial charge on any atom is 0.148 e. The summed E-state index contributed by atoms with van der Waals surface area (Å²) in [5, 5.41) is 19.1. The van der Waals surface area contributed by atoms with Gasteiger partial charge in [-0.15, -0.1) is 5.10 Å². The quantitative estimate of drug-likeness (QED) is 0.421. The molecule has 5 nitrogen and oxygen atoms in total. The fourth-order valence-electron chi connectivity index (χ4n) is 1.15. The van der Waals surface area contributed by atoms with Gasteiger partial charge in [0.2, 0.25) is 0 Å². The van der Waals surface area contributed by atoms with E-state index < -0.39 is 0 Å². The number of hydrogen-bond donors (Lipinski definition) is 3. The molecule has 1 fully saturated rings. The molecule has 68 valence electrons. The molecule has 0 bridgehead atoms. The minimum Gasteiger partial charge on any atom is -0.382 e. The van der Waals surface area contributed by atoms with Gasteiger partial charge in [0.05, 0.1) is 0 Å². The third-order valence-electron chi connectivity index (χ3n) is 2.05. The van der Waals surface area contributed by atoms with E-state index in [4.69, 9.17) is 16.6 Å².